The van der Waals surface area contributed by atoms with Gasteiger partial charge in [0.2, 0.25) is 5.91 Å². The highest BCUT2D eigenvalue weighted by atomic mass is 16.4. The number of amides is 1. The van der Waals surface area contributed by atoms with Gasteiger partial charge in [-0.05, 0) is 23.8 Å². The summed E-state index contributed by atoms with van der Waals surface area (Å²) in [6.45, 7) is 7.24. The van der Waals surface area contributed by atoms with E-state index in [2.05, 4.69) is 20.8 Å². The molecule has 0 spiro atoms. The van der Waals surface area contributed by atoms with Gasteiger partial charge >= 0.3 is 5.97 Å². The Kier molecular flexibility index (Phi) is 5.80. The fourth-order valence-corrected chi connectivity index (χ4v) is 3.61. The van der Waals surface area contributed by atoms with Crippen LogP contribution in [0.2, 0.25) is 0 Å². The molecule has 0 radical (unpaired) electrons. The molecule has 1 aromatic rings. The molecule has 23 heavy (non-hydrogen) atoms. The minimum atomic E-state index is -0.815. The predicted octanol–water partition coefficient (Wildman–Crippen LogP) is 3.39. The molecule has 3 unspecified atom stereocenters. The van der Waals surface area contributed by atoms with E-state index in [9.17, 15) is 14.7 Å². The summed E-state index contributed by atoms with van der Waals surface area (Å²) in [5, 5.41) is 9.51. The second-order valence-electron chi connectivity index (χ2n) is 7.20. The van der Waals surface area contributed by atoms with E-state index in [1.165, 1.54) is 0 Å². The van der Waals surface area contributed by atoms with Crippen LogP contribution >= 0.6 is 0 Å². The highest BCUT2D eigenvalue weighted by Gasteiger charge is 2.40. The van der Waals surface area contributed by atoms with Crippen LogP contribution in [0.15, 0.2) is 30.3 Å². The van der Waals surface area contributed by atoms with Crippen molar-refractivity contribution in [1.82, 2.24) is 4.90 Å². The van der Waals surface area contributed by atoms with E-state index < -0.39 is 11.9 Å². The summed E-state index contributed by atoms with van der Waals surface area (Å²) in [6, 6.07) is 9.67. The monoisotopic (exact) mass is 317 g/mol. The molecule has 0 saturated carbocycles. The second-order valence-corrected chi connectivity index (χ2v) is 7.20. The maximum Gasteiger partial charge on any atom is 0.308 e. The zero-order chi connectivity index (χ0) is 17.0. The molecular formula is C19H27NO3. The SMILES string of the molecule is CC(C)CC(C)CC(=O)N1CC(C(=O)O)C(c2ccccc2)C1. The van der Waals surface area contributed by atoms with Crippen molar-refractivity contribution in [2.24, 2.45) is 17.8 Å². The number of likely N-dealkylation sites (tertiary alicyclic amines) is 1. The molecule has 1 fully saturated rings. The highest BCUT2D eigenvalue weighted by Crippen LogP contribution is 2.33. The maximum absolute atomic E-state index is 12.5. The largest absolute Gasteiger partial charge is 0.481 e. The highest BCUT2D eigenvalue weighted by molar-refractivity contribution is 5.79. The van der Waals surface area contributed by atoms with Crippen molar-refractivity contribution >= 4 is 11.9 Å². The number of hydrogen-bond acceptors (Lipinski definition) is 2. The lowest BCUT2D eigenvalue weighted by Crippen LogP contribution is -2.31. The summed E-state index contributed by atoms with van der Waals surface area (Å²) in [5.74, 6) is -0.450. The molecule has 1 aliphatic rings. The summed E-state index contributed by atoms with van der Waals surface area (Å²) in [6.07, 6.45) is 1.52. The number of carbonyl (C=O) groups is 2. The van der Waals surface area contributed by atoms with E-state index in [0.717, 1.165) is 12.0 Å². The van der Waals surface area contributed by atoms with E-state index in [-0.39, 0.29) is 11.8 Å². The molecule has 1 N–H and O–H groups in total. The van der Waals surface area contributed by atoms with E-state index in [1.54, 1.807) is 4.90 Å². The molecule has 126 valence electrons. The fraction of sp³-hybridized carbons (Fsp3) is 0.579. The van der Waals surface area contributed by atoms with Crippen molar-refractivity contribution < 1.29 is 14.7 Å². The van der Waals surface area contributed by atoms with E-state index in [4.69, 9.17) is 0 Å². The fourth-order valence-electron chi connectivity index (χ4n) is 3.61. The van der Waals surface area contributed by atoms with Gasteiger partial charge in [0.25, 0.3) is 0 Å². The number of carboxylic acid groups (broad SMARTS) is 1. The average Bonchev–Trinajstić information content (AvgIpc) is 2.92. The van der Waals surface area contributed by atoms with Crippen LogP contribution < -0.4 is 0 Å². The van der Waals surface area contributed by atoms with Crippen LogP contribution in [-0.2, 0) is 9.59 Å². The molecule has 0 bridgehead atoms. The number of hydrogen-bond donors (Lipinski definition) is 1. The maximum atomic E-state index is 12.5. The third kappa shape index (κ3) is 4.57. The Hall–Kier alpha value is -1.84. The minimum absolute atomic E-state index is 0.0860. The number of rotatable bonds is 6. The van der Waals surface area contributed by atoms with Crippen LogP contribution in [0.25, 0.3) is 0 Å². The molecule has 1 amide bonds. The number of nitrogens with zero attached hydrogens (tertiary/aromatic N) is 1. The molecule has 1 saturated heterocycles. The third-order valence-corrected chi connectivity index (χ3v) is 4.61. The Bertz CT molecular complexity index is 541. The molecule has 3 atom stereocenters. The van der Waals surface area contributed by atoms with Gasteiger partial charge in [-0.15, -0.1) is 0 Å². The molecule has 1 aliphatic heterocycles. The van der Waals surface area contributed by atoms with Gasteiger partial charge in [0.05, 0.1) is 5.92 Å². The van der Waals surface area contributed by atoms with Crippen molar-refractivity contribution in [3.05, 3.63) is 35.9 Å². The lowest BCUT2D eigenvalue weighted by atomic mass is 9.89. The molecule has 4 heteroatoms. The van der Waals surface area contributed by atoms with Gasteiger partial charge in [0.15, 0.2) is 0 Å². The Balaban J connectivity index is 2.05. The smallest absolute Gasteiger partial charge is 0.308 e. The molecule has 2 rings (SSSR count). The van der Waals surface area contributed by atoms with Gasteiger partial charge in [-0.2, -0.15) is 0 Å². The number of carbonyl (C=O) groups excluding carboxylic acids is 1. The first-order valence-corrected chi connectivity index (χ1v) is 8.44. The van der Waals surface area contributed by atoms with Crippen molar-refractivity contribution in [3.63, 3.8) is 0 Å². The quantitative estimate of drug-likeness (QED) is 0.875. The van der Waals surface area contributed by atoms with Gasteiger partial charge in [-0.1, -0.05) is 51.1 Å². The predicted molar refractivity (Wildman–Crippen MR) is 90.1 cm³/mol. The molecule has 1 heterocycles. The summed E-state index contributed by atoms with van der Waals surface area (Å²) in [5.41, 5.74) is 1.01. The Labute approximate surface area is 138 Å². The Morgan fingerprint density at radius 2 is 1.83 bits per heavy atom. The number of benzene rings is 1. The van der Waals surface area contributed by atoms with Crippen LogP contribution in [0.3, 0.4) is 0 Å². The average molecular weight is 317 g/mol. The molecule has 0 aliphatic carbocycles. The molecular weight excluding hydrogens is 290 g/mol. The van der Waals surface area contributed by atoms with Crippen LogP contribution in [0.5, 0.6) is 0 Å². The molecule has 1 aromatic carbocycles. The van der Waals surface area contributed by atoms with Gasteiger partial charge < -0.3 is 10.0 Å². The van der Waals surface area contributed by atoms with Crippen LogP contribution in [0.1, 0.15) is 45.1 Å². The lowest BCUT2D eigenvalue weighted by Gasteiger charge is -2.20. The Morgan fingerprint density at radius 1 is 1.17 bits per heavy atom. The Morgan fingerprint density at radius 3 is 2.39 bits per heavy atom. The first-order chi connectivity index (χ1) is 10.9. The summed E-state index contributed by atoms with van der Waals surface area (Å²) in [4.78, 5) is 25.8. The zero-order valence-electron chi connectivity index (χ0n) is 14.2. The van der Waals surface area contributed by atoms with Gasteiger partial charge in [-0.3, -0.25) is 9.59 Å². The van der Waals surface area contributed by atoms with Crippen molar-refractivity contribution in [2.45, 2.75) is 39.5 Å². The lowest BCUT2D eigenvalue weighted by molar-refractivity contribution is -0.141. The number of carboxylic acids is 1. The van der Waals surface area contributed by atoms with E-state index in [0.29, 0.717) is 31.3 Å². The van der Waals surface area contributed by atoms with Gasteiger partial charge in [-0.25, -0.2) is 0 Å². The van der Waals surface area contributed by atoms with Crippen molar-refractivity contribution in [1.29, 1.82) is 0 Å². The zero-order valence-corrected chi connectivity index (χ0v) is 14.2. The van der Waals surface area contributed by atoms with E-state index in [1.807, 2.05) is 30.3 Å². The topological polar surface area (TPSA) is 57.6 Å². The summed E-state index contributed by atoms with van der Waals surface area (Å²) in [7, 11) is 0. The molecule has 0 aromatic heterocycles. The number of aliphatic carboxylic acids is 1. The summed E-state index contributed by atoms with van der Waals surface area (Å²) >= 11 is 0. The van der Waals surface area contributed by atoms with Crippen LogP contribution in [0, 0.1) is 17.8 Å². The standard InChI is InChI=1S/C19H27NO3/c1-13(2)9-14(3)10-18(21)20-11-16(17(12-20)19(22)23)15-7-5-4-6-8-15/h4-8,13-14,16-17H,9-12H2,1-3H3,(H,22,23). The second kappa shape index (κ2) is 7.62. The third-order valence-electron chi connectivity index (χ3n) is 4.61. The summed E-state index contributed by atoms with van der Waals surface area (Å²) < 4.78 is 0. The first-order valence-electron chi connectivity index (χ1n) is 8.44. The van der Waals surface area contributed by atoms with Crippen molar-refractivity contribution in [2.75, 3.05) is 13.1 Å². The van der Waals surface area contributed by atoms with Gasteiger partial charge in [0, 0.05) is 25.4 Å². The minimum Gasteiger partial charge on any atom is -0.481 e. The molecule has 4 nitrogen and oxygen atoms in total. The normalized spacial score (nSPS) is 22.3. The van der Waals surface area contributed by atoms with Gasteiger partial charge in [0.1, 0.15) is 0 Å². The first kappa shape index (κ1) is 17.5. The van der Waals surface area contributed by atoms with E-state index >= 15 is 0 Å². The van der Waals surface area contributed by atoms with Crippen molar-refractivity contribution in [3.8, 4) is 0 Å². The van der Waals surface area contributed by atoms with Crippen LogP contribution in [0.4, 0.5) is 0 Å². The van der Waals surface area contributed by atoms with Crippen LogP contribution in [-0.4, -0.2) is 35.0 Å².